The van der Waals surface area contributed by atoms with Gasteiger partial charge in [0.05, 0.1) is 6.54 Å². The number of rotatable bonds is 5. The Balaban J connectivity index is 2.38. The molecule has 0 unspecified atom stereocenters. The molecule has 1 rings (SSSR count). The van der Waals surface area contributed by atoms with Crippen LogP contribution in [0.4, 0.5) is 0 Å². The number of carbonyl (C=O) groups excluding carboxylic acids is 1. The molecule has 94 valence electrons. The van der Waals surface area contributed by atoms with Crippen molar-refractivity contribution in [2.45, 2.75) is 26.4 Å². The van der Waals surface area contributed by atoms with Crippen molar-refractivity contribution >= 4 is 33.4 Å². The van der Waals surface area contributed by atoms with Crippen LogP contribution >= 0.6 is 27.5 Å². The highest BCUT2D eigenvalue weighted by molar-refractivity contribution is 9.10. The van der Waals surface area contributed by atoms with Crippen LogP contribution in [0.25, 0.3) is 0 Å². The molecule has 1 aromatic rings. The maximum atomic E-state index is 11.4. The molecule has 0 saturated heterocycles. The summed E-state index contributed by atoms with van der Waals surface area (Å²) in [6.07, 6.45) is 0. The normalized spacial score (nSPS) is 10.6. The molecule has 1 aromatic carbocycles. The Morgan fingerprint density at radius 1 is 1.47 bits per heavy atom. The first kappa shape index (κ1) is 14.5. The molecule has 0 heterocycles. The Hall–Kier alpha value is -0.580. The van der Waals surface area contributed by atoms with Crippen molar-refractivity contribution in [1.82, 2.24) is 10.6 Å². The van der Waals surface area contributed by atoms with Crippen molar-refractivity contribution in [3.05, 3.63) is 33.3 Å². The summed E-state index contributed by atoms with van der Waals surface area (Å²) in [5, 5.41) is 6.56. The Morgan fingerprint density at radius 3 is 2.76 bits per heavy atom. The minimum Gasteiger partial charge on any atom is -0.353 e. The monoisotopic (exact) mass is 318 g/mol. The van der Waals surface area contributed by atoms with Gasteiger partial charge in [-0.3, -0.25) is 4.79 Å². The molecular weight excluding hydrogens is 304 g/mol. The number of hydrogen-bond acceptors (Lipinski definition) is 2. The van der Waals surface area contributed by atoms with Crippen molar-refractivity contribution in [1.29, 1.82) is 0 Å². The van der Waals surface area contributed by atoms with Crippen LogP contribution in [-0.2, 0) is 11.3 Å². The lowest BCUT2D eigenvalue weighted by molar-refractivity contribution is -0.120. The van der Waals surface area contributed by atoms with Crippen LogP contribution in [0.5, 0.6) is 0 Å². The quantitative estimate of drug-likeness (QED) is 0.876. The minimum absolute atomic E-state index is 0.00626. The number of benzene rings is 1. The highest BCUT2D eigenvalue weighted by atomic mass is 79.9. The Morgan fingerprint density at radius 2 is 2.18 bits per heavy atom. The van der Waals surface area contributed by atoms with Gasteiger partial charge in [0.15, 0.2) is 0 Å². The Labute approximate surface area is 115 Å². The fraction of sp³-hybridized carbons (Fsp3) is 0.417. The molecule has 0 fully saturated rings. The summed E-state index contributed by atoms with van der Waals surface area (Å²) < 4.78 is 0.948. The van der Waals surface area contributed by atoms with Gasteiger partial charge in [-0.2, -0.15) is 0 Å². The van der Waals surface area contributed by atoms with E-state index in [1.807, 2.05) is 32.0 Å². The summed E-state index contributed by atoms with van der Waals surface area (Å²) in [7, 11) is 0. The molecule has 0 aliphatic rings. The van der Waals surface area contributed by atoms with E-state index >= 15 is 0 Å². The number of carbonyl (C=O) groups is 1. The maximum absolute atomic E-state index is 11.4. The van der Waals surface area contributed by atoms with Gasteiger partial charge in [0.1, 0.15) is 0 Å². The van der Waals surface area contributed by atoms with Crippen molar-refractivity contribution in [3.8, 4) is 0 Å². The Bertz CT molecular complexity index is 396. The van der Waals surface area contributed by atoms with E-state index in [0.29, 0.717) is 18.1 Å². The second-order valence-electron chi connectivity index (χ2n) is 4.06. The summed E-state index contributed by atoms with van der Waals surface area (Å²) in [6, 6.07) is 5.87. The molecular formula is C12H16BrClN2O. The fourth-order valence-electron chi connectivity index (χ4n) is 1.35. The third kappa shape index (κ3) is 5.52. The first-order valence-electron chi connectivity index (χ1n) is 5.43. The summed E-state index contributed by atoms with van der Waals surface area (Å²) in [5.74, 6) is -0.00626. The molecule has 1 amide bonds. The molecule has 0 spiro atoms. The third-order valence-electron chi connectivity index (χ3n) is 2.07. The van der Waals surface area contributed by atoms with E-state index in [1.54, 1.807) is 0 Å². The van der Waals surface area contributed by atoms with Crippen LogP contribution in [0, 0.1) is 0 Å². The summed E-state index contributed by atoms with van der Waals surface area (Å²) >= 11 is 9.40. The van der Waals surface area contributed by atoms with Crippen molar-refractivity contribution in [2.75, 3.05) is 6.54 Å². The maximum Gasteiger partial charge on any atom is 0.234 e. The number of amides is 1. The predicted octanol–water partition coefficient (Wildman–Crippen LogP) is 2.72. The van der Waals surface area contributed by atoms with Gasteiger partial charge in [-0.05, 0) is 31.5 Å². The van der Waals surface area contributed by atoms with Crippen LogP contribution in [0.1, 0.15) is 19.4 Å². The average molecular weight is 320 g/mol. The zero-order valence-corrected chi connectivity index (χ0v) is 12.2. The van der Waals surface area contributed by atoms with Crippen LogP contribution in [0.2, 0.25) is 5.02 Å². The zero-order chi connectivity index (χ0) is 12.8. The highest BCUT2D eigenvalue weighted by Crippen LogP contribution is 2.20. The van der Waals surface area contributed by atoms with Gasteiger partial charge in [-0.15, -0.1) is 0 Å². The zero-order valence-electron chi connectivity index (χ0n) is 9.89. The molecule has 0 atom stereocenters. The summed E-state index contributed by atoms with van der Waals surface area (Å²) in [4.78, 5) is 11.4. The standard InChI is InChI=1S/C12H16BrClN2O/c1-8(2)16-12(17)7-15-6-9-3-4-10(13)5-11(9)14/h3-5,8,15H,6-7H2,1-2H3,(H,16,17). The molecule has 5 heteroatoms. The largest absolute Gasteiger partial charge is 0.353 e. The van der Waals surface area contributed by atoms with Crippen LogP contribution in [0.3, 0.4) is 0 Å². The predicted molar refractivity (Wildman–Crippen MR) is 74.1 cm³/mol. The molecule has 0 aromatic heterocycles. The topological polar surface area (TPSA) is 41.1 Å². The lowest BCUT2D eigenvalue weighted by atomic mass is 10.2. The van der Waals surface area contributed by atoms with Gasteiger partial charge in [0.25, 0.3) is 0 Å². The van der Waals surface area contributed by atoms with E-state index in [4.69, 9.17) is 11.6 Å². The molecule has 0 saturated carbocycles. The second kappa shape index (κ2) is 6.99. The third-order valence-corrected chi connectivity index (χ3v) is 2.91. The van der Waals surface area contributed by atoms with Crippen molar-refractivity contribution in [2.24, 2.45) is 0 Å². The van der Waals surface area contributed by atoms with Gasteiger partial charge in [0.2, 0.25) is 5.91 Å². The second-order valence-corrected chi connectivity index (χ2v) is 5.38. The van der Waals surface area contributed by atoms with Crippen LogP contribution in [-0.4, -0.2) is 18.5 Å². The van der Waals surface area contributed by atoms with E-state index in [-0.39, 0.29) is 11.9 Å². The molecule has 0 aliphatic carbocycles. The van der Waals surface area contributed by atoms with E-state index in [1.165, 1.54) is 0 Å². The smallest absolute Gasteiger partial charge is 0.234 e. The van der Waals surface area contributed by atoms with E-state index in [0.717, 1.165) is 10.0 Å². The average Bonchev–Trinajstić information content (AvgIpc) is 2.20. The molecule has 2 N–H and O–H groups in total. The van der Waals surface area contributed by atoms with Gasteiger partial charge in [-0.1, -0.05) is 33.6 Å². The van der Waals surface area contributed by atoms with Gasteiger partial charge in [-0.25, -0.2) is 0 Å². The minimum atomic E-state index is -0.00626. The molecule has 0 aliphatic heterocycles. The number of halogens is 2. The van der Waals surface area contributed by atoms with E-state index in [9.17, 15) is 4.79 Å². The highest BCUT2D eigenvalue weighted by Gasteiger charge is 2.04. The number of nitrogens with one attached hydrogen (secondary N) is 2. The van der Waals surface area contributed by atoms with Gasteiger partial charge < -0.3 is 10.6 Å². The van der Waals surface area contributed by atoms with Gasteiger partial charge in [0, 0.05) is 22.1 Å². The van der Waals surface area contributed by atoms with Crippen LogP contribution < -0.4 is 10.6 Å². The number of hydrogen-bond donors (Lipinski definition) is 2. The molecule has 17 heavy (non-hydrogen) atoms. The van der Waals surface area contributed by atoms with Crippen molar-refractivity contribution < 1.29 is 4.79 Å². The molecule has 0 radical (unpaired) electrons. The summed E-state index contributed by atoms with van der Waals surface area (Å²) in [5.41, 5.74) is 0.979. The van der Waals surface area contributed by atoms with Crippen LogP contribution in [0.15, 0.2) is 22.7 Å². The van der Waals surface area contributed by atoms with E-state index < -0.39 is 0 Å². The fourth-order valence-corrected chi connectivity index (χ4v) is 2.09. The molecule has 0 bridgehead atoms. The first-order chi connectivity index (χ1) is 7.99. The lowest BCUT2D eigenvalue weighted by Gasteiger charge is -2.10. The molecule has 3 nitrogen and oxygen atoms in total. The van der Waals surface area contributed by atoms with E-state index in [2.05, 4.69) is 26.6 Å². The first-order valence-corrected chi connectivity index (χ1v) is 6.60. The lowest BCUT2D eigenvalue weighted by Crippen LogP contribution is -2.37. The summed E-state index contributed by atoms with van der Waals surface area (Å²) in [6.45, 7) is 4.75. The van der Waals surface area contributed by atoms with Gasteiger partial charge >= 0.3 is 0 Å². The Kier molecular flexibility index (Phi) is 5.95. The SMILES string of the molecule is CC(C)NC(=O)CNCc1ccc(Br)cc1Cl. The van der Waals surface area contributed by atoms with Crippen molar-refractivity contribution in [3.63, 3.8) is 0 Å².